The van der Waals surface area contributed by atoms with E-state index in [1.165, 1.54) is 21.2 Å². The summed E-state index contributed by atoms with van der Waals surface area (Å²) < 4.78 is 80.5. The lowest BCUT2D eigenvalue weighted by atomic mass is 10.1. The Hall–Kier alpha value is -3.26. The second-order valence-electron chi connectivity index (χ2n) is 7.45. The van der Waals surface area contributed by atoms with Crippen molar-refractivity contribution in [3.05, 3.63) is 52.5 Å². The number of aryl methyl sites for hydroxylation is 1. The maximum absolute atomic E-state index is 13.8. The maximum atomic E-state index is 13.8. The Morgan fingerprint density at radius 1 is 1.17 bits per heavy atom. The van der Waals surface area contributed by atoms with E-state index in [4.69, 9.17) is 9.47 Å². The highest BCUT2D eigenvalue weighted by molar-refractivity contribution is 7.98. The molecule has 0 spiro atoms. The fraction of sp³-hybridized carbons (Fsp3) is 0.333. The number of nitrogens with zero attached hydrogens (tertiary/aromatic N) is 5. The number of amides is 1. The third-order valence-corrected chi connectivity index (χ3v) is 5.61. The molecule has 0 aliphatic carbocycles. The summed E-state index contributed by atoms with van der Waals surface area (Å²) in [6, 6.07) is 1.67. The first-order chi connectivity index (χ1) is 16.7. The van der Waals surface area contributed by atoms with E-state index in [0.717, 1.165) is 6.08 Å². The van der Waals surface area contributed by atoms with Crippen LogP contribution in [0.1, 0.15) is 11.3 Å². The minimum Gasteiger partial charge on any atom is -0.475 e. The van der Waals surface area contributed by atoms with E-state index in [2.05, 4.69) is 15.1 Å². The molecule has 14 heteroatoms. The number of morpholine rings is 1. The van der Waals surface area contributed by atoms with Crippen LogP contribution in [0.2, 0.25) is 0 Å². The zero-order chi connectivity index (χ0) is 25.3. The molecule has 1 atom stereocenters. The largest absolute Gasteiger partial charge is 0.475 e. The molecule has 1 aliphatic rings. The molecule has 3 aromatic rings. The highest BCUT2D eigenvalue weighted by Gasteiger charge is 2.26. The van der Waals surface area contributed by atoms with Crippen molar-refractivity contribution in [2.75, 3.05) is 32.6 Å². The predicted molar refractivity (Wildman–Crippen MR) is 114 cm³/mol. The zero-order valence-electron chi connectivity index (χ0n) is 18.4. The average molecular weight is 515 g/mol. The fourth-order valence-corrected chi connectivity index (χ4v) is 3.69. The number of benzene rings is 1. The minimum absolute atomic E-state index is 0.0398. The summed E-state index contributed by atoms with van der Waals surface area (Å²) >= 11 is 1.34. The molecule has 8 nitrogen and oxygen atoms in total. The molecule has 1 aliphatic heterocycles. The van der Waals surface area contributed by atoms with Crippen molar-refractivity contribution >= 4 is 29.5 Å². The summed E-state index contributed by atoms with van der Waals surface area (Å²) in [5.74, 6) is -10.4. The molecule has 0 N–H and O–H groups in total. The topological polar surface area (TPSA) is 81.9 Å². The van der Waals surface area contributed by atoms with Gasteiger partial charge in [0, 0.05) is 24.4 Å². The normalized spacial score (nSPS) is 16.4. The van der Waals surface area contributed by atoms with Gasteiger partial charge in [-0.05, 0) is 19.3 Å². The number of fused-ring (bicyclic) bond motifs is 1. The first kappa shape index (κ1) is 24.9. The highest BCUT2D eigenvalue weighted by atomic mass is 32.2. The molecule has 0 bridgehead atoms. The third-order valence-electron chi connectivity index (χ3n) is 5.07. The first-order valence-electron chi connectivity index (χ1n) is 10.2. The molecular formula is C21H18F5N5O3S. The molecule has 1 unspecified atom stereocenters. The molecular weight excluding hydrogens is 497 g/mol. The van der Waals surface area contributed by atoms with Gasteiger partial charge in [0.2, 0.25) is 22.8 Å². The summed E-state index contributed by atoms with van der Waals surface area (Å²) in [5, 5.41) is 4.81. The van der Waals surface area contributed by atoms with E-state index in [1.54, 1.807) is 13.0 Å². The quantitative estimate of drug-likeness (QED) is 0.164. The van der Waals surface area contributed by atoms with Gasteiger partial charge in [0.25, 0.3) is 5.78 Å². The van der Waals surface area contributed by atoms with Crippen molar-refractivity contribution < 1.29 is 36.2 Å². The molecule has 3 heterocycles. The summed E-state index contributed by atoms with van der Waals surface area (Å²) in [5.41, 5.74) is -0.537. The lowest BCUT2D eigenvalue weighted by Crippen LogP contribution is -2.47. The molecule has 2 aromatic heterocycles. The van der Waals surface area contributed by atoms with Crippen LogP contribution in [0.15, 0.2) is 17.3 Å². The van der Waals surface area contributed by atoms with Crippen molar-refractivity contribution in [2.24, 2.45) is 0 Å². The molecule has 1 saturated heterocycles. The summed E-state index contributed by atoms with van der Waals surface area (Å²) in [6.07, 6.45) is 2.58. The fourth-order valence-electron chi connectivity index (χ4n) is 3.35. The monoisotopic (exact) mass is 515 g/mol. The lowest BCUT2D eigenvalue weighted by Gasteiger charge is -2.32. The van der Waals surface area contributed by atoms with Gasteiger partial charge in [0.1, 0.15) is 12.7 Å². The van der Waals surface area contributed by atoms with Gasteiger partial charge in [0.15, 0.2) is 23.3 Å². The number of carbonyl (C=O) groups excluding carboxylic acids is 1. The first-order valence-corrected chi connectivity index (χ1v) is 11.4. The Kier molecular flexibility index (Phi) is 7.21. The Bertz CT molecular complexity index is 1290. The number of rotatable bonds is 6. The second-order valence-corrected chi connectivity index (χ2v) is 8.22. The van der Waals surface area contributed by atoms with Gasteiger partial charge in [0.05, 0.1) is 18.7 Å². The van der Waals surface area contributed by atoms with Gasteiger partial charge >= 0.3 is 0 Å². The summed E-state index contributed by atoms with van der Waals surface area (Å²) in [4.78, 5) is 22.4. The Morgan fingerprint density at radius 2 is 1.86 bits per heavy atom. The van der Waals surface area contributed by atoms with E-state index in [-0.39, 0.29) is 26.3 Å². The number of ether oxygens (including phenoxy) is 2. The number of hydrogen-bond donors (Lipinski definition) is 0. The van der Waals surface area contributed by atoms with Crippen LogP contribution in [0.25, 0.3) is 11.9 Å². The Morgan fingerprint density at radius 3 is 2.54 bits per heavy atom. The summed E-state index contributed by atoms with van der Waals surface area (Å²) in [6.45, 7) is 2.20. The van der Waals surface area contributed by atoms with Crippen LogP contribution in [0.5, 0.6) is 5.88 Å². The number of carbonyl (C=O) groups is 1. The van der Waals surface area contributed by atoms with Crippen LogP contribution >= 0.6 is 11.8 Å². The van der Waals surface area contributed by atoms with Crippen LogP contribution < -0.4 is 4.74 Å². The molecule has 1 amide bonds. The van der Waals surface area contributed by atoms with E-state index >= 15 is 0 Å². The van der Waals surface area contributed by atoms with Crippen LogP contribution in [-0.2, 0) is 9.53 Å². The number of halogens is 5. The molecule has 4 rings (SSSR count). The van der Waals surface area contributed by atoms with Gasteiger partial charge in [-0.15, -0.1) is 5.10 Å². The standard InChI is InChI=1S/C21H18F5N5O3S/c1-10-7-14(31-20(27-10)28-21(29-31)35-2)34-9-11-8-30(5-6-33-11)13(32)4-3-12-15(22)17(24)19(26)18(25)16(12)23/h3-4,7,11H,5-6,8-9H2,1-2H3/b4-3+. The highest BCUT2D eigenvalue weighted by Crippen LogP contribution is 2.24. The predicted octanol–water partition coefficient (Wildman–Crippen LogP) is 3.17. The van der Waals surface area contributed by atoms with Gasteiger partial charge in [-0.3, -0.25) is 4.79 Å². The number of thioether (sulfide) groups is 1. The van der Waals surface area contributed by atoms with Crippen molar-refractivity contribution in [3.8, 4) is 5.88 Å². The van der Waals surface area contributed by atoms with E-state index in [0.29, 0.717) is 28.6 Å². The van der Waals surface area contributed by atoms with E-state index < -0.39 is 46.7 Å². The van der Waals surface area contributed by atoms with Gasteiger partial charge in [-0.25, -0.2) is 26.9 Å². The Labute approximate surface area is 199 Å². The van der Waals surface area contributed by atoms with Crippen LogP contribution in [0.4, 0.5) is 22.0 Å². The number of hydrogen-bond acceptors (Lipinski definition) is 7. The van der Waals surface area contributed by atoms with E-state index in [9.17, 15) is 26.7 Å². The SMILES string of the molecule is CSc1nc2nc(C)cc(OCC3CN(C(=O)/C=C/c4c(F)c(F)c(F)c(F)c4F)CCO3)n2n1. The zero-order valence-corrected chi connectivity index (χ0v) is 19.2. The smallest absolute Gasteiger partial charge is 0.256 e. The van der Waals surface area contributed by atoms with Gasteiger partial charge in [-0.2, -0.15) is 9.50 Å². The van der Waals surface area contributed by atoms with E-state index in [1.807, 2.05) is 6.26 Å². The van der Waals surface area contributed by atoms with Crippen molar-refractivity contribution in [3.63, 3.8) is 0 Å². The minimum atomic E-state index is -2.27. The second kappa shape index (κ2) is 10.2. The van der Waals surface area contributed by atoms with Crippen LogP contribution in [0, 0.1) is 36.0 Å². The van der Waals surface area contributed by atoms with Gasteiger partial charge < -0.3 is 14.4 Å². The number of aromatic nitrogens is 4. The van der Waals surface area contributed by atoms with Gasteiger partial charge in [-0.1, -0.05) is 11.8 Å². The third kappa shape index (κ3) is 5.07. The van der Waals surface area contributed by atoms with Crippen LogP contribution in [-0.4, -0.2) is 69.1 Å². The molecule has 35 heavy (non-hydrogen) atoms. The maximum Gasteiger partial charge on any atom is 0.256 e. The molecule has 1 fully saturated rings. The molecule has 0 saturated carbocycles. The summed E-state index contributed by atoms with van der Waals surface area (Å²) in [7, 11) is 0. The van der Waals surface area contributed by atoms with Crippen LogP contribution in [0.3, 0.4) is 0 Å². The molecule has 0 radical (unpaired) electrons. The van der Waals surface area contributed by atoms with Crippen molar-refractivity contribution in [1.82, 2.24) is 24.5 Å². The molecule has 1 aromatic carbocycles. The van der Waals surface area contributed by atoms with Crippen molar-refractivity contribution in [1.29, 1.82) is 0 Å². The van der Waals surface area contributed by atoms with Crippen molar-refractivity contribution in [2.45, 2.75) is 18.2 Å². The average Bonchev–Trinajstić information content (AvgIpc) is 3.28. The molecule has 186 valence electrons. The lowest BCUT2D eigenvalue weighted by molar-refractivity contribution is -0.134. The Balaban J connectivity index is 1.43.